The first kappa shape index (κ1) is 12.6. The molecule has 0 aliphatic heterocycles. The summed E-state index contributed by atoms with van der Waals surface area (Å²) in [5.41, 5.74) is 2.01. The first-order chi connectivity index (χ1) is 9.78. The Bertz CT molecular complexity index is 734. The number of hydrogen-bond acceptors (Lipinski definition) is 5. The molecule has 0 aliphatic carbocycles. The molecule has 0 atom stereocenters. The molecular weight excluding hydrogens is 274 g/mol. The van der Waals surface area contributed by atoms with E-state index in [0.29, 0.717) is 10.7 Å². The highest BCUT2D eigenvalue weighted by Crippen LogP contribution is 2.23. The Balaban J connectivity index is 1.91. The summed E-state index contributed by atoms with van der Waals surface area (Å²) >= 11 is 1.37. The number of ether oxygens (including phenoxy) is 1. The Morgan fingerprint density at radius 1 is 1.25 bits per heavy atom. The van der Waals surface area contributed by atoms with Crippen molar-refractivity contribution in [3.63, 3.8) is 0 Å². The summed E-state index contributed by atoms with van der Waals surface area (Å²) in [6, 6.07) is 11.7. The Labute approximate surface area is 119 Å². The first-order valence-corrected chi connectivity index (χ1v) is 6.81. The minimum atomic E-state index is -0.435. The molecule has 5 nitrogen and oxygen atoms in total. The highest BCUT2D eigenvalue weighted by Gasteiger charge is 2.13. The van der Waals surface area contributed by atoms with Crippen molar-refractivity contribution in [2.75, 3.05) is 7.11 Å². The molecule has 0 saturated heterocycles. The SMILES string of the molecule is COC(=O)c1csc(-c2ccn(-c3ccccc3)n2)n1. The number of hydrogen-bond donors (Lipinski definition) is 0. The summed E-state index contributed by atoms with van der Waals surface area (Å²) in [6.07, 6.45) is 1.86. The normalized spacial score (nSPS) is 10.4. The molecule has 3 rings (SSSR count). The van der Waals surface area contributed by atoms with E-state index in [1.165, 1.54) is 18.4 Å². The molecule has 3 aromatic rings. The topological polar surface area (TPSA) is 57.0 Å². The van der Waals surface area contributed by atoms with Crippen LogP contribution in [0, 0.1) is 0 Å². The smallest absolute Gasteiger partial charge is 0.357 e. The number of rotatable bonds is 3. The maximum Gasteiger partial charge on any atom is 0.357 e. The molecule has 0 amide bonds. The fourth-order valence-corrected chi connectivity index (χ4v) is 2.51. The molecule has 0 unspecified atom stereocenters. The van der Waals surface area contributed by atoms with Gasteiger partial charge in [0.2, 0.25) is 0 Å². The molecule has 1 aromatic carbocycles. The quantitative estimate of drug-likeness (QED) is 0.694. The fraction of sp³-hybridized carbons (Fsp3) is 0.0714. The molecule has 2 heterocycles. The number of carbonyl (C=O) groups is 1. The number of aromatic nitrogens is 3. The molecule has 0 N–H and O–H groups in total. The summed E-state index contributed by atoms with van der Waals surface area (Å²) in [5, 5.41) is 6.83. The molecule has 0 bridgehead atoms. The van der Waals surface area contributed by atoms with E-state index in [1.54, 1.807) is 10.1 Å². The Morgan fingerprint density at radius 2 is 2.05 bits per heavy atom. The number of nitrogens with zero attached hydrogens (tertiary/aromatic N) is 3. The van der Waals surface area contributed by atoms with Gasteiger partial charge >= 0.3 is 5.97 Å². The number of benzene rings is 1. The van der Waals surface area contributed by atoms with Gasteiger partial charge in [-0.1, -0.05) is 18.2 Å². The lowest BCUT2D eigenvalue weighted by molar-refractivity contribution is 0.0595. The number of thiazole rings is 1. The number of para-hydroxylation sites is 1. The second kappa shape index (κ2) is 5.26. The molecule has 0 spiro atoms. The van der Waals surface area contributed by atoms with E-state index >= 15 is 0 Å². The monoisotopic (exact) mass is 285 g/mol. The zero-order valence-electron chi connectivity index (χ0n) is 10.7. The van der Waals surface area contributed by atoms with Crippen molar-refractivity contribution in [2.24, 2.45) is 0 Å². The van der Waals surface area contributed by atoms with Gasteiger partial charge in [0.25, 0.3) is 0 Å². The van der Waals surface area contributed by atoms with Crippen molar-refractivity contribution < 1.29 is 9.53 Å². The molecule has 2 aromatic heterocycles. The maximum atomic E-state index is 11.4. The van der Waals surface area contributed by atoms with Crippen LogP contribution in [0.25, 0.3) is 16.4 Å². The minimum Gasteiger partial charge on any atom is -0.464 e. The van der Waals surface area contributed by atoms with E-state index in [2.05, 4.69) is 14.8 Å². The van der Waals surface area contributed by atoms with Crippen molar-refractivity contribution in [3.05, 3.63) is 53.7 Å². The Morgan fingerprint density at radius 3 is 2.80 bits per heavy atom. The second-order valence-electron chi connectivity index (χ2n) is 4.01. The van der Waals surface area contributed by atoms with Crippen LogP contribution >= 0.6 is 11.3 Å². The van der Waals surface area contributed by atoms with Gasteiger partial charge in [-0.3, -0.25) is 0 Å². The summed E-state index contributed by atoms with van der Waals surface area (Å²) < 4.78 is 6.41. The Hall–Kier alpha value is -2.47. The molecule has 0 saturated carbocycles. The summed E-state index contributed by atoms with van der Waals surface area (Å²) in [4.78, 5) is 15.6. The van der Waals surface area contributed by atoms with Crippen LogP contribution in [0.2, 0.25) is 0 Å². The van der Waals surface area contributed by atoms with Crippen LogP contribution in [-0.4, -0.2) is 27.8 Å². The first-order valence-electron chi connectivity index (χ1n) is 5.93. The third-order valence-electron chi connectivity index (χ3n) is 2.73. The maximum absolute atomic E-state index is 11.4. The number of esters is 1. The Kier molecular flexibility index (Phi) is 3.30. The van der Waals surface area contributed by atoms with Gasteiger partial charge in [0, 0.05) is 11.6 Å². The molecule has 0 aliphatic rings. The predicted octanol–water partition coefficient (Wildman–Crippen LogP) is 2.78. The van der Waals surface area contributed by atoms with Crippen LogP contribution in [0.5, 0.6) is 0 Å². The van der Waals surface area contributed by atoms with Crippen molar-refractivity contribution in [1.82, 2.24) is 14.8 Å². The van der Waals surface area contributed by atoms with E-state index in [9.17, 15) is 4.79 Å². The van der Waals surface area contributed by atoms with E-state index < -0.39 is 5.97 Å². The summed E-state index contributed by atoms with van der Waals surface area (Å²) in [7, 11) is 1.34. The fourth-order valence-electron chi connectivity index (χ4n) is 1.75. The predicted molar refractivity (Wildman–Crippen MR) is 76.0 cm³/mol. The standard InChI is InChI=1S/C14H11N3O2S/c1-19-14(18)12-9-20-13(15-12)11-7-8-17(16-11)10-5-3-2-4-6-10/h2-9H,1H3. The average molecular weight is 285 g/mol. The second-order valence-corrected chi connectivity index (χ2v) is 4.87. The van der Waals surface area contributed by atoms with Crippen LogP contribution in [-0.2, 0) is 4.74 Å². The third-order valence-corrected chi connectivity index (χ3v) is 3.59. The van der Waals surface area contributed by atoms with Gasteiger partial charge < -0.3 is 4.74 Å². The molecule has 100 valence electrons. The third kappa shape index (κ3) is 2.33. The van der Waals surface area contributed by atoms with Crippen molar-refractivity contribution in [2.45, 2.75) is 0 Å². The summed E-state index contributed by atoms with van der Waals surface area (Å²) in [6.45, 7) is 0. The lowest BCUT2D eigenvalue weighted by Gasteiger charge is -1.99. The number of methoxy groups -OCH3 is 1. The van der Waals surface area contributed by atoms with Gasteiger partial charge in [-0.25, -0.2) is 14.5 Å². The lowest BCUT2D eigenvalue weighted by Crippen LogP contribution is -2.01. The zero-order chi connectivity index (χ0) is 13.9. The van der Waals surface area contributed by atoms with Gasteiger partial charge in [-0.15, -0.1) is 11.3 Å². The lowest BCUT2D eigenvalue weighted by atomic mass is 10.3. The molecule has 20 heavy (non-hydrogen) atoms. The number of carbonyl (C=O) groups excluding carboxylic acids is 1. The highest BCUT2D eigenvalue weighted by atomic mass is 32.1. The molecule has 6 heteroatoms. The van der Waals surface area contributed by atoms with Gasteiger partial charge in [-0.05, 0) is 18.2 Å². The van der Waals surface area contributed by atoms with Crippen molar-refractivity contribution in [3.8, 4) is 16.4 Å². The van der Waals surface area contributed by atoms with Crippen LogP contribution in [0.1, 0.15) is 10.5 Å². The molecule has 0 radical (unpaired) electrons. The van der Waals surface area contributed by atoms with E-state index in [0.717, 1.165) is 11.4 Å². The van der Waals surface area contributed by atoms with Crippen LogP contribution in [0.3, 0.4) is 0 Å². The van der Waals surface area contributed by atoms with Crippen molar-refractivity contribution >= 4 is 17.3 Å². The highest BCUT2D eigenvalue weighted by molar-refractivity contribution is 7.13. The van der Waals surface area contributed by atoms with E-state index in [-0.39, 0.29) is 0 Å². The molecule has 0 fully saturated rings. The average Bonchev–Trinajstić information content (AvgIpc) is 3.16. The van der Waals surface area contributed by atoms with Crippen molar-refractivity contribution in [1.29, 1.82) is 0 Å². The molecular formula is C14H11N3O2S. The van der Waals surface area contributed by atoms with E-state index in [4.69, 9.17) is 0 Å². The van der Waals surface area contributed by atoms with Crippen LogP contribution < -0.4 is 0 Å². The van der Waals surface area contributed by atoms with E-state index in [1.807, 2.05) is 42.6 Å². The van der Waals surface area contributed by atoms with Crippen LogP contribution in [0.4, 0.5) is 0 Å². The van der Waals surface area contributed by atoms with Gasteiger partial charge in [-0.2, -0.15) is 5.10 Å². The van der Waals surface area contributed by atoms with Gasteiger partial charge in [0.05, 0.1) is 12.8 Å². The zero-order valence-corrected chi connectivity index (χ0v) is 11.5. The van der Waals surface area contributed by atoms with Crippen LogP contribution in [0.15, 0.2) is 48.0 Å². The van der Waals surface area contributed by atoms with Gasteiger partial charge in [0.15, 0.2) is 5.69 Å². The van der Waals surface area contributed by atoms with Gasteiger partial charge in [0.1, 0.15) is 10.7 Å². The summed E-state index contributed by atoms with van der Waals surface area (Å²) in [5.74, 6) is -0.435. The largest absolute Gasteiger partial charge is 0.464 e. The minimum absolute atomic E-state index is 0.307.